The molecule has 3 rings (SSSR count). The SMILES string of the molecule is O=CCCc1cn(-c2ncccn2)c2ccccc12. The molecule has 3 aromatic rings. The highest BCUT2D eigenvalue weighted by Gasteiger charge is 2.10. The molecule has 2 aromatic heterocycles. The van der Waals surface area contributed by atoms with Crippen LogP contribution in [0.2, 0.25) is 0 Å². The summed E-state index contributed by atoms with van der Waals surface area (Å²) in [5, 5.41) is 1.15. The van der Waals surface area contributed by atoms with Gasteiger partial charge in [0.05, 0.1) is 5.52 Å². The van der Waals surface area contributed by atoms with Crippen LogP contribution in [-0.2, 0) is 11.2 Å². The molecule has 0 atom stereocenters. The molecule has 0 unspecified atom stereocenters. The Labute approximate surface area is 110 Å². The summed E-state index contributed by atoms with van der Waals surface area (Å²) in [4.78, 5) is 19.1. The minimum Gasteiger partial charge on any atom is -0.303 e. The van der Waals surface area contributed by atoms with E-state index in [1.54, 1.807) is 18.5 Å². The summed E-state index contributed by atoms with van der Waals surface area (Å²) in [6.07, 6.45) is 7.69. The lowest BCUT2D eigenvalue weighted by Gasteiger charge is -2.01. The molecule has 0 aliphatic rings. The van der Waals surface area contributed by atoms with Crippen molar-refractivity contribution >= 4 is 17.2 Å². The van der Waals surface area contributed by atoms with E-state index in [9.17, 15) is 4.79 Å². The molecule has 4 nitrogen and oxygen atoms in total. The van der Waals surface area contributed by atoms with Crippen molar-refractivity contribution in [1.82, 2.24) is 14.5 Å². The van der Waals surface area contributed by atoms with E-state index in [-0.39, 0.29) is 0 Å². The van der Waals surface area contributed by atoms with E-state index >= 15 is 0 Å². The fourth-order valence-electron chi connectivity index (χ4n) is 2.24. The van der Waals surface area contributed by atoms with Gasteiger partial charge in [-0.05, 0) is 24.1 Å². The molecular formula is C15H13N3O. The van der Waals surface area contributed by atoms with Crippen molar-refractivity contribution in [2.24, 2.45) is 0 Å². The van der Waals surface area contributed by atoms with E-state index in [1.165, 1.54) is 0 Å². The van der Waals surface area contributed by atoms with Crippen LogP contribution >= 0.6 is 0 Å². The van der Waals surface area contributed by atoms with Gasteiger partial charge in [-0.2, -0.15) is 0 Å². The number of aryl methyl sites for hydroxylation is 1. The Morgan fingerprint density at radius 2 is 1.89 bits per heavy atom. The second kappa shape index (κ2) is 5.02. The molecule has 0 aliphatic carbocycles. The van der Waals surface area contributed by atoms with Crippen LogP contribution in [0.4, 0.5) is 0 Å². The van der Waals surface area contributed by atoms with Crippen LogP contribution in [0, 0.1) is 0 Å². The van der Waals surface area contributed by atoms with Crippen LogP contribution in [0.1, 0.15) is 12.0 Å². The molecule has 0 spiro atoms. The first-order valence-corrected chi connectivity index (χ1v) is 6.20. The highest BCUT2D eigenvalue weighted by atomic mass is 16.1. The van der Waals surface area contributed by atoms with E-state index in [2.05, 4.69) is 16.0 Å². The van der Waals surface area contributed by atoms with E-state index in [4.69, 9.17) is 0 Å². The van der Waals surface area contributed by atoms with Gasteiger partial charge in [0.1, 0.15) is 6.29 Å². The van der Waals surface area contributed by atoms with Crippen LogP contribution in [0.25, 0.3) is 16.9 Å². The number of aromatic nitrogens is 3. The van der Waals surface area contributed by atoms with Crippen LogP contribution in [-0.4, -0.2) is 20.8 Å². The Kier molecular flexibility index (Phi) is 3.06. The molecule has 0 saturated carbocycles. The maximum atomic E-state index is 10.6. The Morgan fingerprint density at radius 3 is 2.68 bits per heavy atom. The molecule has 0 radical (unpaired) electrons. The van der Waals surface area contributed by atoms with Crippen LogP contribution in [0.3, 0.4) is 0 Å². The number of aldehydes is 1. The van der Waals surface area contributed by atoms with Gasteiger partial charge in [0.15, 0.2) is 0 Å². The monoisotopic (exact) mass is 251 g/mol. The van der Waals surface area contributed by atoms with Gasteiger partial charge in [-0.3, -0.25) is 4.57 Å². The minimum atomic E-state index is 0.531. The lowest BCUT2D eigenvalue weighted by molar-refractivity contribution is -0.107. The molecule has 0 aliphatic heterocycles. The van der Waals surface area contributed by atoms with E-state index in [0.29, 0.717) is 12.4 Å². The molecule has 4 heteroatoms. The van der Waals surface area contributed by atoms with Gasteiger partial charge in [-0.1, -0.05) is 18.2 Å². The van der Waals surface area contributed by atoms with Crippen molar-refractivity contribution in [2.75, 3.05) is 0 Å². The summed E-state index contributed by atoms with van der Waals surface area (Å²) < 4.78 is 1.97. The number of benzene rings is 1. The average molecular weight is 251 g/mol. The van der Waals surface area contributed by atoms with Gasteiger partial charge < -0.3 is 4.79 Å². The third-order valence-corrected chi connectivity index (χ3v) is 3.09. The zero-order valence-corrected chi connectivity index (χ0v) is 10.4. The zero-order valence-electron chi connectivity index (χ0n) is 10.4. The number of para-hydroxylation sites is 1. The topological polar surface area (TPSA) is 47.8 Å². The largest absolute Gasteiger partial charge is 0.303 e. The predicted octanol–water partition coefficient (Wildman–Crippen LogP) is 2.55. The molecule has 0 saturated heterocycles. The number of hydrogen-bond acceptors (Lipinski definition) is 3. The first kappa shape index (κ1) is 11.6. The third kappa shape index (κ3) is 2.12. The number of nitrogens with zero attached hydrogens (tertiary/aromatic N) is 3. The summed E-state index contributed by atoms with van der Waals surface area (Å²) in [6, 6.07) is 9.89. The lowest BCUT2D eigenvalue weighted by atomic mass is 10.1. The van der Waals surface area contributed by atoms with Crippen LogP contribution in [0.15, 0.2) is 48.9 Å². The number of fused-ring (bicyclic) bond motifs is 1. The quantitative estimate of drug-likeness (QED) is 0.669. The molecule has 0 fully saturated rings. The smallest absolute Gasteiger partial charge is 0.234 e. The second-order valence-corrected chi connectivity index (χ2v) is 4.30. The Hall–Kier alpha value is -2.49. The molecule has 19 heavy (non-hydrogen) atoms. The fourth-order valence-corrected chi connectivity index (χ4v) is 2.24. The van der Waals surface area contributed by atoms with E-state index in [1.807, 2.05) is 29.0 Å². The van der Waals surface area contributed by atoms with Crippen molar-refractivity contribution in [1.29, 1.82) is 0 Å². The summed E-state index contributed by atoms with van der Waals surface area (Å²) in [7, 11) is 0. The summed E-state index contributed by atoms with van der Waals surface area (Å²) >= 11 is 0. The average Bonchev–Trinajstić information content (AvgIpc) is 2.85. The van der Waals surface area contributed by atoms with Crippen molar-refractivity contribution in [3.63, 3.8) is 0 Å². The van der Waals surface area contributed by atoms with Crippen LogP contribution < -0.4 is 0 Å². The zero-order chi connectivity index (χ0) is 13.1. The van der Waals surface area contributed by atoms with Gasteiger partial charge in [0, 0.05) is 30.4 Å². The number of carbonyl (C=O) groups is 1. The fraction of sp³-hybridized carbons (Fsp3) is 0.133. The molecular weight excluding hydrogens is 238 g/mol. The maximum Gasteiger partial charge on any atom is 0.234 e. The number of hydrogen-bond donors (Lipinski definition) is 0. The minimum absolute atomic E-state index is 0.531. The second-order valence-electron chi connectivity index (χ2n) is 4.30. The summed E-state index contributed by atoms with van der Waals surface area (Å²) in [5.41, 5.74) is 2.21. The first-order valence-electron chi connectivity index (χ1n) is 6.20. The third-order valence-electron chi connectivity index (χ3n) is 3.09. The van der Waals surface area contributed by atoms with Gasteiger partial charge in [0.25, 0.3) is 0 Å². The van der Waals surface area contributed by atoms with Gasteiger partial charge >= 0.3 is 0 Å². The molecule has 1 aromatic carbocycles. The highest BCUT2D eigenvalue weighted by Crippen LogP contribution is 2.24. The number of carbonyl (C=O) groups excluding carboxylic acids is 1. The maximum absolute atomic E-state index is 10.6. The Balaban J connectivity index is 2.17. The van der Waals surface area contributed by atoms with E-state index in [0.717, 1.165) is 29.2 Å². The van der Waals surface area contributed by atoms with Gasteiger partial charge in [0.2, 0.25) is 5.95 Å². The number of rotatable bonds is 4. The molecule has 0 bridgehead atoms. The Morgan fingerprint density at radius 1 is 1.11 bits per heavy atom. The van der Waals surface area contributed by atoms with Gasteiger partial charge in [-0.25, -0.2) is 9.97 Å². The molecule has 2 heterocycles. The summed E-state index contributed by atoms with van der Waals surface area (Å²) in [6.45, 7) is 0. The summed E-state index contributed by atoms with van der Waals surface area (Å²) in [5.74, 6) is 0.649. The van der Waals surface area contributed by atoms with Gasteiger partial charge in [-0.15, -0.1) is 0 Å². The van der Waals surface area contributed by atoms with Crippen molar-refractivity contribution in [3.05, 3.63) is 54.5 Å². The normalized spacial score (nSPS) is 10.7. The standard InChI is InChI=1S/C15H13N3O/c19-10-3-5-12-11-18(15-16-8-4-9-17-15)14-7-2-1-6-13(12)14/h1-2,4,6-11H,3,5H2. The van der Waals surface area contributed by atoms with E-state index < -0.39 is 0 Å². The molecule has 0 amide bonds. The first-order chi connectivity index (χ1) is 9.40. The molecule has 0 N–H and O–H groups in total. The Bertz CT molecular complexity index is 704. The van der Waals surface area contributed by atoms with Crippen molar-refractivity contribution in [3.8, 4) is 5.95 Å². The van der Waals surface area contributed by atoms with Crippen LogP contribution in [0.5, 0.6) is 0 Å². The lowest BCUT2D eigenvalue weighted by Crippen LogP contribution is -1.97. The molecule has 94 valence electrons. The highest BCUT2D eigenvalue weighted by molar-refractivity contribution is 5.85. The van der Waals surface area contributed by atoms with Crippen molar-refractivity contribution < 1.29 is 4.79 Å². The van der Waals surface area contributed by atoms with Crippen molar-refractivity contribution in [2.45, 2.75) is 12.8 Å². The predicted molar refractivity (Wildman–Crippen MR) is 73.3 cm³/mol.